The van der Waals surface area contributed by atoms with Crippen LogP contribution in [0.25, 0.3) is 0 Å². The third-order valence-electron chi connectivity index (χ3n) is 3.07. The predicted molar refractivity (Wildman–Crippen MR) is 83.7 cm³/mol. The number of rotatable bonds is 6. The molecule has 0 bridgehead atoms. The number of hydrogen-bond acceptors (Lipinski definition) is 4. The first-order valence-electron chi connectivity index (χ1n) is 6.72. The Hall–Kier alpha value is -1.85. The van der Waals surface area contributed by atoms with Crippen molar-refractivity contribution < 1.29 is 4.74 Å². The van der Waals surface area contributed by atoms with Gasteiger partial charge >= 0.3 is 0 Å². The standard InChI is InChI=1S/C15H18ClN3O2/c1-3-19-15(20)14(16)13(9-18-19)17-8-11-5-4-6-12(7-11)10-21-2/h4-7,9,17H,3,8,10H2,1-2H3. The summed E-state index contributed by atoms with van der Waals surface area (Å²) in [4.78, 5) is 11.9. The van der Waals surface area contributed by atoms with E-state index < -0.39 is 0 Å². The smallest absolute Gasteiger partial charge is 0.287 e. The highest BCUT2D eigenvalue weighted by molar-refractivity contribution is 6.32. The summed E-state index contributed by atoms with van der Waals surface area (Å²) in [6, 6.07) is 8.02. The van der Waals surface area contributed by atoms with E-state index in [-0.39, 0.29) is 10.6 Å². The summed E-state index contributed by atoms with van der Waals surface area (Å²) in [5.41, 5.74) is 2.45. The second kappa shape index (κ2) is 7.24. The number of aryl methyl sites for hydroxylation is 1. The molecule has 5 nitrogen and oxygen atoms in total. The Morgan fingerprint density at radius 3 is 2.86 bits per heavy atom. The average molecular weight is 308 g/mol. The number of benzene rings is 1. The minimum atomic E-state index is -0.280. The van der Waals surface area contributed by atoms with Crippen LogP contribution in [0.4, 0.5) is 5.69 Å². The number of methoxy groups -OCH3 is 1. The first-order chi connectivity index (χ1) is 10.2. The van der Waals surface area contributed by atoms with E-state index in [2.05, 4.69) is 10.4 Å². The zero-order valence-corrected chi connectivity index (χ0v) is 12.9. The summed E-state index contributed by atoms with van der Waals surface area (Å²) in [5.74, 6) is 0. The molecule has 0 atom stereocenters. The zero-order valence-electron chi connectivity index (χ0n) is 12.1. The summed E-state index contributed by atoms with van der Waals surface area (Å²) in [7, 11) is 1.67. The summed E-state index contributed by atoms with van der Waals surface area (Å²) in [6.07, 6.45) is 1.58. The lowest BCUT2D eigenvalue weighted by Crippen LogP contribution is -2.23. The SMILES string of the molecule is CCn1ncc(NCc2cccc(COC)c2)c(Cl)c1=O. The van der Waals surface area contributed by atoms with Crippen molar-refractivity contribution in [2.24, 2.45) is 0 Å². The second-order valence-corrected chi connectivity index (χ2v) is 4.98. The molecule has 0 amide bonds. The highest BCUT2D eigenvalue weighted by Gasteiger charge is 2.08. The van der Waals surface area contributed by atoms with Crippen LogP contribution < -0.4 is 10.9 Å². The molecular weight excluding hydrogens is 290 g/mol. The Balaban J connectivity index is 2.11. The van der Waals surface area contributed by atoms with Crippen molar-refractivity contribution in [2.45, 2.75) is 26.6 Å². The Morgan fingerprint density at radius 1 is 1.38 bits per heavy atom. The van der Waals surface area contributed by atoms with Gasteiger partial charge in [0, 0.05) is 20.2 Å². The number of nitrogens with zero attached hydrogens (tertiary/aromatic N) is 2. The van der Waals surface area contributed by atoms with Gasteiger partial charge in [-0.25, -0.2) is 4.68 Å². The molecule has 1 aromatic heterocycles. The largest absolute Gasteiger partial charge is 0.380 e. The fourth-order valence-electron chi connectivity index (χ4n) is 2.01. The highest BCUT2D eigenvalue weighted by atomic mass is 35.5. The molecule has 0 radical (unpaired) electrons. The lowest BCUT2D eigenvalue weighted by molar-refractivity contribution is 0.185. The first-order valence-corrected chi connectivity index (χ1v) is 7.09. The summed E-state index contributed by atoms with van der Waals surface area (Å²) < 4.78 is 6.44. The molecule has 0 unspecified atom stereocenters. The molecule has 1 heterocycles. The summed E-state index contributed by atoms with van der Waals surface area (Å²) in [6.45, 7) is 3.48. The molecule has 1 aromatic carbocycles. The monoisotopic (exact) mass is 307 g/mol. The van der Waals surface area contributed by atoms with E-state index in [0.717, 1.165) is 11.1 Å². The minimum Gasteiger partial charge on any atom is -0.380 e. The Kier molecular flexibility index (Phi) is 5.36. The van der Waals surface area contributed by atoms with Crippen LogP contribution in [-0.4, -0.2) is 16.9 Å². The minimum absolute atomic E-state index is 0.167. The Labute approximate surface area is 128 Å². The van der Waals surface area contributed by atoms with Crippen LogP contribution in [0.5, 0.6) is 0 Å². The van der Waals surface area contributed by atoms with Crippen molar-refractivity contribution in [3.63, 3.8) is 0 Å². The number of aromatic nitrogens is 2. The van der Waals surface area contributed by atoms with Gasteiger partial charge in [0.1, 0.15) is 5.02 Å². The maximum absolute atomic E-state index is 11.9. The normalized spacial score (nSPS) is 10.6. The van der Waals surface area contributed by atoms with Gasteiger partial charge in [-0.15, -0.1) is 0 Å². The zero-order chi connectivity index (χ0) is 15.2. The number of nitrogens with one attached hydrogen (secondary N) is 1. The molecule has 112 valence electrons. The predicted octanol–water partition coefficient (Wildman–Crippen LogP) is 2.68. The van der Waals surface area contributed by atoms with Crippen molar-refractivity contribution >= 4 is 17.3 Å². The molecular formula is C15H18ClN3O2. The van der Waals surface area contributed by atoms with E-state index in [1.165, 1.54) is 4.68 Å². The number of halogens is 1. The van der Waals surface area contributed by atoms with Gasteiger partial charge in [-0.1, -0.05) is 35.9 Å². The van der Waals surface area contributed by atoms with Crippen LogP contribution in [0.15, 0.2) is 35.3 Å². The molecule has 21 heavy (non-hydrogen) atoms. The fourth-order valence-corrected chi connectivity index (χ4v) is 2.22. The third kappa shape index (κ3) is 3.83. The molecule has 6 heteroatoms. The van der Waals surface area contributed by atoms with Crippen LogP contribution in [0, 0.1) is 0 Å². The average Bonchev–Trinajstić information content (AvgIpc) is 2.50. The lowest BCUT2D eigenvalue weighted by Gasteiger charge is -2.10. The van der Waals surface area contributed by atoms with Crippen LogP contribution >= 0.6 is 11.6 Å². The van der Waals surface area contributed by atoms with E-state index in [4.69, 9.17) is 16.3 Å². The van der Waals surface area contributed by atoms with E-state index >= 15 is 0 Å². The van der Waals surface area contributed by atoms with Crippen molar-refractivity contribution in [3.8, 4) is 0 Å². The van der Waals surface area contributed by atoms with Gasteiger partial charge in [-0.05, 0) is 18.1 Å². The second-order valence-electron chi connectivity index (χ2n) is 4.60. The molecule has 0 spiro atoms. The van der Waals surface area contributed by atoms with Gasteiger partial charge in [-0.2, -0.15) is 5.10 Å². The van der Waals surface area contributed by atoms with Crippen molar-refractivity contribution in [1.29, 1.82) is 0 Å². The van der Waals surface area contributed by atoms with Gasteiger partial charge in [0.05, 0.1) is 18.5 Å². The molecule has 0 saturated heterocycles. The van der Waals surface area contributed by atoms with Crippen LogP contribution in [0.3, 0.4) is 0 Å². The maximum atomic E-state index is 11.9. The quantitative estimate of drug-likeness (QED) is 0.891. The molecule has 1 N–H and O–H groups in total. The van der Waals surface area contributed by atoms with E-state index in [1.807, 2.05) is 31.2 Å². The molecule has 0 saturated carbocycles. The Bertz CT molecular complexity index is 670. The fraction of sp³-hybridized carbons (Fsp3) is 0.333. The maximum Gasteiger partial charge on any atom is 0.287 e. The first kappa shape index (κ1) is 15.5. The van der Waals surface area contributed by atoms with Crippen molar-refractivity contribution in [2.75, 3.05) is 12.4 Å². The molecule has 2 aromatic rings. The number of anilines is 1. The van der Waals surface area contributed by atoms with Gasteiger partial charge in [0.25, 0.3) is 5.56 Å². The third-order valence-corrected chi connectivity index (χ3v) is 3.44. The Morgan fingerprint density at radius 2 is 2.14 bits per heavy atom. The van der Waals surface area contributed by atoms with Crippen LogP contribution in [-0.2, 0) is 24.4 Å². The molecule has 0 fully saturated rings. The lowest BCUT2D eigenvalue weighted by atomic mass is 10.1. The van der Waals surface area contributed by atoms with Crippen LogP contribution in [0.2, 0.25) is 5.02 Å². The van der Waals surface area contributed by atoms with E-state index in [9.17, 15) is 4.79 Å². The van der Waals surface area contributed by atoms with E-state index in [1.54, 1.807) is 13.3 Å². The highest BCUT2D eigenvalue weighted by Crippen LogP contribution is 2.17. The van der Waals surface area contributed by atoms with Crippen molar-refractivity contribution in [3.05, 3.63) is 57.0 Å². The number of hydrogen-bond donors (Lipinski definition) is 1. The topological polar surface area (TPSA) is 56.1 Å². The molecule has 2 rings (SSSR count). The summed E-state index contributed by atoms with van der Waals surface area (Å²) in [5, 5.41) is 7.36. The van der Waals surface area contributed by atoms with Gasteiger partial charge < -0.3 is 10.1 Å². The number of ether oxygens (including phenoxy) is 1. The van der Waals surface area contributed by atoms with Crippen molar-refractivity contribution in [1.82, 2.24) is 9.78 Å². The molecule has 0 aliphatic rings. The van der Waals surface area contributed by atoms with Crippen LogP contribution in [0.1, 0.15) is 18.1 Å². The van der Waals surface area contributed by atoms with Gasteiger partial charge in [0.2, 0.25) is 0 Å². The van der Waals surface area contributed by atoms with Gasteiger partial charge in [0.15, 0.2) is 0 Å². The molecule has 0 aliphatic heterocycles. The van der Waals surface area contributed by atoms with E-state index in [0.29, 0.717) is 25.4 Å². The summed E-state index contributed by atoms with van der Waals surface area (Å²) >= 11 is 6.07. The molecule has 0 aliphatic carbocycles. The van der Waals surface area contributed by atoms with Gasteiger partial charge in [-0.3, -0.25) is 4.79 Å².